The summed E-state index contributed by atoms with van der Waals surface area (Å²) in [7, 11) is 0. The Morgan fingerprint density at radius 3 is 1.56 bits per heavy atom. The number of para-hydroxylation sites is 2. The Bertz CT molecular complexity index is 1530. The molecule has 6 rings (SSSR count). The lowest BCUT2D eigenvalue weighted by atomic mass is 10.1. The van der Waals surface area contributed by atoms with E-state index >= 15 is 0 Å². The highest BCUT2D eigenvalue weighted by Gasteiger charge is 2.37. The van der Waals surface area contributed by atoms with E-state index in [1.54, 1.807) is 36.4 Å². The average Bonchev–Trinajstić information content (AvgIpc) is 3.03. The summed E-state index contributed by atoms with van der Waals surface area (Å²) in [5.74, 6) is -0.788. The fourth-order valence-electron chi connectivity index (χ4n) is 4.02. The SMILES string of the molecule is O=C1c2cc3oc4ccccc4c4ccccc4oc3cc2C(=O)N1c1ccc(Br)cc1. The molecule has 0 fully saturated rings. The van der Waals surface area contributed by atoms with Crippen molar-refractivity contribution < 1.29 is 18.4 Å². The molecule has 1 aliphatic heterocycles. The highest BCUT2D eigenvalue weighted by atomic mass is 79.9. The quantitative estimate of drug-likeness (QED) is 0.240. The molecule has 2 heterocycles. The number of halogens is 1. The normalized spacial score (nSPS) is 13.2. The summed E-state index contributed by atoms with van der Waals surface area (Å²) < 4.78 is 13.2. The van der Waals surface area contributed by atoms with E-state index in [9.17, 15) is 9.59 Å². The standard InChI is InChI=1S/C26H14BrNO4/c27-15-9-11-16(12-10-15)28-25(29)19-13-23-24(14-20(19)26(28)30)32-22-8-4-2-6-18(22)17-5-1-3-7-21(17)31-23/h1-14H. The molecule has 1 aliphatic rings. The number of hydrogen-bond donors (Lipinski definition) is 0. The number of hydrogen-bond acceptors (Lipinski definition) is 4. The van der Waals surface area contributed by atoms with Crippen molar-refractivity contribution in [1.82, 2.24) is 0 Å². The van der Waals surface area contributed by atoms with Gasteiger partial charge in [0.1, 0.15) is 11.2 Å². The van der Waals surface area contributed by atoms with E-state index in [0.29, 0.717) is 28.0 Å². The number of benzene rings is 4. The molecule has 0 spiro atoms. The van der Waals surface area contributed by atoms with Crippen LogP contribution in [0.3, 0.4) is 0 Å². The second-order valence-corrected chi connectivity index (χ2v) is 8.38. The monoisotopic (exact) mass is 483 g/mol. The molecule has 0 atom stereocenters. The van der Waals surface area contributed by atoms with Gasteiger partial charge in [-0.25, -0.2) is 4.90 Å². The van der Waals surface area contributed by atoms with Gasteiger partial charge in [-0.2, -0.15) is 0 Å². The second kappa shape index (κ2) is 7.07. The fourth-order valence-corrected chi connectivity index (χ4v) is 4.29. The Hall–Kier alpha value is -3.90. The first-order chi connectivity index (χ1) is 15.6. The van der Waals surface area contributed by atoms with Gasteiger partial charge in [-0.3, -0.25) is 9.59 Å². The van der Waals surface area contributed by atoms with E-state index in [1.807, 2.05) is 48.5 Å². The third-order valence-corrected chi connectivity index (χ3v) is 6.07. The topological polar surface area (TPSA) is 63.7 Å². The molecule has 6 heteroatoms. The first kappa shape index (κ1) is 18.8. The third kappa shape index (κ3) is 2.84. The van der Waals surface area contributed by atoms with Crippen LogP contribution in [0.1, 0.15) is 20.7 Å². The van der Waals surface area contributed by atoms with Crippen molar-refractivity contribution >= 4 is 66.5 Å². The van der Waals surface area contributed by atoms with Crippen LogP contribution in [0.25, 0.3) is 33.1 Å². The Morgan fingerprint density at radius 2 is 1.06 bits per heavy atom. The number of carbonyl (C=O) groups is 2. The Kier molecular flexibility index (Phi) is 4.16. The maximum absolute atomic E-state index is 13.2. The molecule has 4 aromatic carbocycles. The predicted molar refractivity (Wildman–Crippen MR) is 126 cm³/mol. The Labute approximate surface area is 190 Å². The number of nitrogens with zero attached hydrogens (tertiary/aromatic N) is 1. The molecule has 0 aliphatic carbocycles. The largest absolute Gasteiger partial charge is 0.453 e. The van der Waals surface area contributed by atoms with Crippen LogP contribution in [0.2, 0.25) is 0 Å². The predicted octanol–water partition coefficient (Wildman–Crippen LogP) is 7.02. The van der Waals surface area contributed by atoms with E-state index in [0.717, 1.165) is 15.2 Å². The van der Waals surface area contributed by atoms with Gasteiger partial charge in [-0.15, -0.1) is 0 Å². The highest BCUT2D eigenvalue weighted by Crippen LogP contribution is 2.34. The van der Waals surface area contributed by atoms with Crippen molar-refractivity contribution in [2.24, 2.45) is 0 Å². The number of anilines is 1. The molecule has 154 valence electrons. The van der Waals surface area contributed by atoms with Crippen LogP contribution in [0, 0.1) is 0 Å². The van der Waals surface area contributed by atoms with Gasteiger partial charge in [0.15, 0.2) is 11.2 Å². The molecule has 0 bridgehead atoms. The van der Waals surface area contributed by atoms with Crippen molar-refractivity contribution in [2.45, 2.75) is 0 Å². The molecule has 0 N–H and O–H groups in total. The number of fused-ring (bicyclic) bond motifs is 5. The maximum atomic E-state index is 13.2. The molecule has 0 radical (unpaired) electrons. The van der Waals surface area contributed by atoms with Crippen LogP contribution in [-0.4, -0.2) is 11.8 Å². The summed E-state index contributed by atoms with van der Waals surface area (Å²) in [6.45, 7) is 0. The van der Waals surface area contributed by atoms with E-state index in [2.05, 4.69) is 15.9 Å². The van der Waals surface area contributed by atoms with Crippen LogP contribution in [-0.2, 0) is 0 Å². The number of imide groups is 1. The summed E-state index contributed by atoms with van der Waals surface area (Å²) >= 11 is 3.38. The molecular weight excluding hydrogens is 470 g/mol. The van der Waals surface area contributed by atoms with E-state index in [4.69, 9.17) is 8.83 Å². The number of carbonyl (C=O) groups excluding carboxylic acids is 2. The lowest BCUT2D eigenvalue weighted by Crippen LogP contribution is -2.29. The Balaban J connectivity index is 1.65. The summed E-state index contributed by atoms with van der Waals surface area (Å²) in [5.41, 5.74) is 3.12. The molecule has 2 amide bonds. The molecule has 5 aromatic rings. The van der Waals surface area contributed by atoms with Gasteiger partial charge in [0.05, 0.1) is 16.8 Å². The lowest BCUT2D eigenvalue weighted by molar-refractivity contribution is 0.0926. The minimum absolute atomic E-state index is 0.284. The van der Waals surface area contributed by atoms with Crippen molar-refractivity contribution in [1.29, 1.82) is 0 Å². The zero-order valence-corrected chi connectivity index (χ0v) is 18.1. The van der Waals surface area contributed by atoms with Crippen LogP contribution in [0.4, 0.5) is 5.69 Å². The molecule has 0 saturated carbocycles. The zero-order valence-electron chi connectivity index (χ0n) is 16.5. The minimum atomic E-state index is -0.394. The van der Waals surface area contributed by atoms with Gasteiger partial charge in [-0.05, 0) is 48.5 Å². The van der Waals surface area contributed by atoms with Gasteiger partial charge < -0.3 is 8.83 Å². The number of amides is 2. The molecular formula is C26H14BrNO4. The van der Waals surface area contributed by atoms with Gasteiger partial charge in [0.2, 0.25) is 0 Å². The van der Waals surface area contributed by atoms with Crippen molar-refractivity contribution in [2.75, 3.05) is 4.90 Å². The maximum Gasteiger partial charge on any atom is 0.266 e. The first-order valence-electron chi connectivity index (χ1n) is 9.97. The van der Waals surface area contributed by atoms with Crippen molar-refractivity contribution in [3.63, 3.8) is 0 Å². The highest BCUT2D eigenvalue weighted by molar-refractivity contribution is 9.10. The van der Waals surface area contributed by atoms with Gasteiger partial charge >= 0.3 is 0 Å². The van der Waals surface area contributed by atoms with Crippen LogP contribution in [0.5, 0.6) is 0 Å². The van der Waals surface area contributed by atoms with E-state index in [-0.39, 0.29) is 11.1 Å². The zero-order chi connectivity index (χ0) is 21.8. The smallest absolute Gasteiger partial charge is 0.266 e. The third-order valence-electron chi connectivity index (χ3n) is 5.54. The molecule has 0 unspecified atom stereocenters. The molecule has 0 saturated heterocycles. The van der Waals surface area contributed by atoms with Crippen molar-refractivity contribution in [3.05, 3.63) is 101 Å². The summed E-state index contributed by atoms with van der Waals surface area (Å²) in [6.07, 6.45) is 0. The Morgan fingerprint density at radius 1 is 0.594 bits per heavy atom. The van der Waals surface area contributed by atoms with Crippen LogP contribution in [0.15, 0.2) is 98.2 Å². The summed E-state index contributed by atoms with van der Waals surface area (Å²) in [6, 6.07) is 25.5. The van der Waals surface area contributed by atoms with Gasteiger partial charge in [0, 0.05) is 15.2 Å². The fraction of sp³-hybridized carbons (Fsp3) is 0. The molecule has 5 nitrogen and oxygen atoms in total. The molecule has 1 aromatic heterocycles. The van der Waals surface area contributed by atoms with Crippen LogP contribution >= 0.6 is 15.9 Å². The van der Waals surface area contributed by atoms with Crippen molar-refractivity contribution in [3.8, 4) is 0 Å². The first-order valence-corrected chi connectivity index (χ1v) is 10.8. The average molecular weight is 484 g/mol. The second-order valence-electron chi connectivity index (χ2n) is 7.46. The van der Waals surface area contributed by atoms with Crippen LogP contribution < -0.4 is 4.90 Å². The molecule has 32 heavy (non-hydrogen) atoms. The lowest BCUT2D eigenvalue weighted by Gasteiger charge is -2.13. The number of rotatable bonds is 1. The van der Waals surface area contributed by atoms with E-state index in [1.165, 1.54) is 4.90 Å². The van der Waals surface area contributed by atoms with E-state index < -0.39 is 11.8 Å². The van der Waals surface area contributed by atoms with Gasteiger partial charge in [-0.1, -0.05) is 52.3 Å². The summed E-state index contributed by atoms with van der Waals surface area (Å²) in [4.78, 5) is 27.5. The van der Waals surface area contributed by atoms with Gasteiger partial charge in [0.25, 0.3) is 11.8 Å². The summed E-state index contributed by atoms with van der Waals surface area (Å²) in [5, 5.41) is 1.77. The minimum Gasteiger partial charge on any atom is -0.453 e.